The Morgan fingerprint density at radius 3 is 3.00 bits per heavy atom. The Balaban J connectivity index is 2.08. The minimum atomic E-state index is 0.227. The first-order valence-corrected chi connectivity index (χ1v) is 6.33. The van der Waals surface area contributed by atoms with Crippen molar-refractivity contribution in [3.05, 3.63) is 30.5 Å². The summed E-state index contributed by atoms with van der Waals surface area (Å²) in [6.07, 6.45) is 3.70. The summed E-state index contributed by atoms with van der Waals surface area (Å²) in [5, 5.41) is 13.8. The van der Waals surface area contributed by atoms with Gasteiger partial charge in [-0.25, -0.2) is 0 Å². The van der Waals surface area contributed by atoms with Gasteiger partial charge >= 0.3 is 0 Å². The van der Waals surface area contributed by atoms with Crippen LogP contribution in [0.1, 0.15) is 19.8 Å². The van der Waals surface area contributed by atoms with Gasteiger partial charge < -0.3 is 5.32 Å². The molecule has 1 N–H and O–H groups in total. The zero-order chi connectivity index (χ0) is 12.1. The summed E-state index contributed by atoms with van der Waals surface area (Å²) >= 11 is 6.07. The summed E-state index contributed by atoms with van der Waals surface area (Å²) in [7, 11) is 0. The molecule has 0 radical (unpaired) electrons. The van der Waals surface area contributed by atoms with Gasteiger partial charge in [-0.15, -0.1) is 16.7 Å². The molecule has 1 unspecified atom stereocenters. The van der Waals surface area contributed by atoms with Gasteiger partial charge in [0.25, 0.3) is 0 Å². The van der Waals surface area contributed by atoms with Gasteiger partial charge in [0.15, 0.2) is 5.82 Å². The molecule has 0 saturated carbocycles. The molecule has 0 bridgehead atoms. The van der Waals surface area contributed by atoms with Crippen LogP contribution in [0.3, 0.4) is 0 Å². The topological polar surface area (TPSA) is 37.8 Å². The fraction of sp³-hybridized carbons (Fsp3) is 0.385. The van der Waals surface area contributed by atoms with Crippen molar-refractivity contribution in [1.82, 2.24) is 10.2 Å². The van der Waals surface area contributed by atoms with Gasteiger partial charge in [0, 0.05) is 22.7 Å². The van der Waals surface area contributed by atoms with Crippen LogP contribution >= 0.6 is 11.6 Å². The Morgan fingerprint density at radius 1 is 1.35 bits per heavy atom. The summed E-state index contributed by atoms with van der Waals surface area (Å²) in [6, 6.07) is 8.08. The quantitative estimate of drug-likeness (QED) is 0.825. The van der Waals surface area contributed by atoms with E-state index in [1.54, 1.807) is 6.20 Å². The maximum absolute atomic E-state index is 6.07. The predicted molar refractivity (Wildman–Crippen MR) is 72.6 cm³/mol. The van der Waals surface area contributed by atoms with Crippen molar-refractivity contribution in [2.24, 2.45) is 0 Å². The summed E-state index contributed by atoms with van der Waals surface area (Å²) in [5.41, 5.74) is 0. The Morgan fingerprint density at radius 2 is 2.18 bits per heavy atom. The van der Waals surface area contributed by atoms with E-state index in [-0.39, 0.29) is 5.38 Å². The van der Waals surface area contributed by atoms with Crippen LogP contribution in [0.2, 0.25) is 0 Å². The summed E-state index contributed by atoms with van der Waals surface area (Å²) in [4.78, 5) is 0. The van der Waals surface area contributed by atoms with E-state index in [1.165, 1.54) is 0 Å². The van der Waals surface area contributed by atoms with Crippen molar-refractivity contribution in [1.29, 1.82) is 0 Å². The molecule has 17 heavy (non-hydrogen) atoms. The molecule has 90 valence electrons. The molecule has 2 aromatic rings. The van der Waals surface area contributed by atoms with Gasteiger partial charge in [0.05, 0.1) is 6.20 Å². The standard InChI is InChI=1S/C13H16ClN3/c1-2-11(14)7-8-15-13-12-6-4-3-5-10(12)9-16-17-13/h3-6,9,11H,2,7-8H2,1H3,(H,15,17). The van der Waals surface area contributed by atoms with E-state index in [0.717, 1.165) is 36.0 Å². The maximum atomic E-state index is 6.07. The van der Waals surface area contributed by atoms with E-state index in [0.29, 0.717) is 0 Å². The third kappa shape index (κ3) is 3.07. The smallest absolute Gasteiger partial charge is 0.156 e. The van der Waals surface area contributed by atoms with E-state index in [2.05, 4.69) is 22.4 Å². The van der Waals surface area contributed by atoms with Crippen LogP contribution in [0.5, 0.6) is 0 Å². The number of rotatable bonds is 5. The van der Waals surface area contributed by atoms with Crippen LogP contribution < -0.4 is 5.32 Å². The average Bonchev–Trinajstić information content (AvgIpc) is 2.39. The SMILES string of the molecule is CCC(Cl)CCNc1nncc2ccccc12. The van der Waals surface area contributed by atoms with Crippen LogP contribution in [-0.4, -0.2) is 22.1 Å². The molecule has 2 rings (SSSR count). The molecule has 1 aromatic heterocycles. The number of benzene rings is 1. The number of hydrogen-bond acceptors (Lipinski definition) is 3. The lowest BCUT2D eigenvalue weighted by atomic mass is 10.2. The molecule has 0 aliphatic carbocycles. The van der Waals surface area contributed by atoms with Crippen molar-refractivity contribution in [2.75, 3.05) is 11.9 Å². The van der Waals surface area contributed by atoms with E-state index >= 15 is 0 Å². The molecular formula is C13H16ClN3. The van der Waals surface area contributed by atoms with Crippen molar-refractivity contribution >= 4 is 28.2 Å². The first kappa shape index (κ1) is 12.1. The molecule has 1 heterocycles. The van der Waals surface area contributed by atoms with Gasteiger partial charge in [0.1, 0.15) is 0 Å². The second kappa shape index (κ2) is 5.82. The molecule has 0 saturated heterocycles. The zero-order valence-corrected chi connectivity index (χ0v) is 10.6. The number of anilines is 1. The summed E-state index contributed by atoms with van der Waals surface area (Å²) in [6.45, 7) is 2.92. The van der Waals surface area contributed by atoms with Crippen LogP contribution in [0.15, 0.2) is 30.5 Å². The lowest BCUT2D eigenvalue weighted by Crippen LogP contribution is -2.09. The molecule has 1 aromatic carbocycles. The minimum absolute atomic E-state index is 0.227. The van der Waals surface area contributed by atoms with Gasteiger partial charge in [-0.1, -0.05) is 31.2 Å². The highest BCUT2D eigenvalue weighted by Crippen LogP contribution is 2.19. The normalized spacial score (nSPS) is 12.6. The van der Waals surface area contributed by atoms with E-state index < -0.39 is 0 Å². The highest BCUT2D eigenvalue weighted by atomic mass is 35.5. The molecule has 1 atom stereocenters. The van der Waals surface area contributed by atoms with E-state index in [9.17, 15) is 0 Å². The lowest BCUT2D eigenvalue weighted by molar-refractivity contribution is 0.751. The summed E-state index contributed by atoms with van der Waals surface area (Å²) < 4.78 is 0. The number of alkyl halides is 1. The van der Waals surface area contributed by atoms with Crippen molar-refractivity contribution < 1.29 is 0 Å². The number of halogens is 1. The third-order valence-electron chi connectivity index (χ3n) is 2.76. The van der Waals surface area contributed by atoms with Crippen LogP contribution in [0, 0.1) is 0 Å². The molecule has 0 aliphatic rings. The second-order valence-corrected chi connectivity index (χ2v) is 4.62. The molecule has 0 amide bonds. The van der Waals surface area contributed by atoms with Gasteiger partial charge in [-0.3, -0.25) is 0 Å². The Hall–Kier alpha value is -1.35. The molecule has 4 heteroatoms. The molecular weight excluding hydrogens is 234 g/mol. The van der Waals surface area contributed by atoms with Crippen molar-refractivity contribution in [3.63, 3.8) is 0 Å². The van der Waals surface area contributed by atoms with Crippen molar-refractivity contribution in [2.45, 2.75) is 25.1 Å². The molecule has 0 aliphatic heterocycles. The Kier molecular flexibility index (Phi) is 4.15. The van der Waals surface area contributed by atoms with Crippen molar-refractivity contribution in [3.8, 4) is 0 Å². The zero-order valence-electron chi connectivity index (χ0n) is 9.86. The summed E-state index contributed by atoms with van der Waals surface area (Å²) in [5.74, 6) is 0.836. The first-order valence-electron chi connectivity index (χ1n) is 5.89. The van der Waals surface area contributed by atoms with E-state index in [1.807, 2.05) is 24.3 Å². The van der Waals surface area contributed by atoms with Gasteiger partial charge in [-0.2, -0.15) is 5.10 Å². The number of nitrogens with zero attached hydrogens (tertiary/aromatic N) is 2. The lowest BCUT2D eigenvalue weighted by Gasteiger charge is -2.09. The third-order valence-corrected chi connectivity index (χ3v) is 3.29. The molecule has 0 spiro atoms. The number of fused-ring (bicyclic) bond motifs is 1. The highest BCUT2D eigenvalue weighted by Gasteiger charge is 2.04. The van der Waals surface area contributed by atoms with E-state index in [4.69, 9.17) is 11.6 Å². The number of aromatic nitrogens is 2. The first-order chi connectivity index (χ1) is 8.31. The highest BCUT2D eigenvalue weighted by molar-refractivity contribution is 6.20. The predicted octanol–water partition coefficient (Wildman–Crippen LogP) is 3.45. The molecule has 0 fully saturated rings. The van der Waals surface area contributed by atoms with Crippen LogP contribution in [0.4, 0.5) is 5.82 Å². The Bertz CT molecular complexity index is 482. The number of hydrogen-bond donors (Lipinski definition) is 1. The monoisotopic (exact) mass is 249 g/mol. The fourth-order valence-corrected chi connectivity index (χ4v) is 1.82. The van der Waals surface area contributed by atoms with Crippen LogP contribution in [0.25, 0.3) is 10.8 Å². The van der Waals surface area contributed by atoms with Gasteiger partial charge in [0.2, 0.25) is 0 Å². The average molecular weight is 250 g/mol. The number of nitrogens with one attached hydrogen (secondary N) is 1. The fourth-order valence-electron chi connectivity index (χ4n) is 1.71. The second-order valence-electron chi connectivity index (χ2n) is 4.00. The molecule has 3 nitrogen and oxygen atoms in total. The largest absolute Gasteiger partial charge is 0.368 e. The van der Waals surface area contributed by atoms with Crippen LogP contribution in [-0.2, 0) is 0 Å². The Labute approximate surface area is 106 Å². The maximum Gasteiger partial charge on any atom is 0.156 e. The van der Waals surface area contributed by atoms with Gasteiger partial charge in [-0.05, 0) is 12.8 Å². The minimum Gasteiger partial charge on any atom is -0.368 e.